The highest BCUT2D eigenvalue weighted by atomic mass is 35.5. The molecule has 26 heavy (non-hydrogen) atoms. The van der Waals surface area contributed by atoms with Crippen molar-refractivity contribution in [2.75, 3.05) is 5.75 Å². The number of benzene rings is 2. The van der Waals surface area contributed by atoms with Crippen LogP contribution in [0.5, 0.6) is 0 Å². The lowest BCUT2D eigenvalue weighted by molar-refractivity contribution is -0.167. The maximum Gasteiger partial charge on any atom is 0.334 e. The van der Waals surface area contributed by atoms with Gasteiger partial charge in [0.25, 0.3) is 11.8 Å². The lowest BCUT2D eigenvalue weighted by Crippen LogP contribution is -2.33. The minimum Gasteiger partial charge on any atom is -0.330 e. The monoisotopic (exact) mass is 411 g/mol. The first-order valence-electron chi connectivity index (χ1n) is 7.40. The van der Waals surface area contributed by atoms with Gasteiger partial charge in [-0.3, -0.25) is 13.8 Å². The Bertz CT molecular complexity index is 912. The van der Waals surface area contributed by atoms with Gasteiger partial charge in [0, 0.05) is 10.8 Å². The van der Waals surface area contributed by atoms with Gasteiger partial charge < -0.3 is 4.84 Å². The molecule has 0 radical (unpaired) electrons. The molecule has 0 spiro atoms. The molecular weight excluding hydrogens is 401 g/mol. The number of hydroxylamine groups is 2. The van der Waals surface area contributed by atoms with Gasteiger partial charge in [-0.2, -0.15) is 0 Å². The lowest BCUT2D eigenvalue weighted by Gasteiger charge is -2.12. The molecule has 0 aromatic heterocycles. The number of rotatable bonds is 5. The number of halogens is 2. The average molecular weight is 412 g/mol. The highest BCUT2D eigenvalue weighted by molar-refractivity contribution is 7.85. The molecule has 2 aromatic rings. The molecule has 9 heteroatoms. The summed E-state index contributed by atoms with van der Waals surface area (Å²) in [4.78, 5) is 41.4. The molecule has 0 saturated heterocycles. The van der Waals surface area contributed by atoms with E-state index in [2.05, 4.69) is 0 Å². The molecule has 0 bridgehead atoms. The molecule has 2 aromatic carbocycles. The highest BCUT2D eigenvalue weighted by Gasteiger charge is 2.38. The molecule has 2 amide bonds. The van der Waals surface area contributed by atoms with Crippen molar-refractivity contribution < 1.29 is 23.4 Å². The van der Waals surface area contributed by atoms with Crippen LogP contribution in [0.25, 0.3) is 0 Å². The largest absolute Gasteiger partial charge is 0.334 e. The number of carbonyl (C=O) groups is 3. The molecule has 1 heterocycles. The second kappa shape index (κ2) is 7.57. The number of imide groups is 1. The van der Waals surface area contributed by atoms with Gasteiger partial charge in [-0.05, 0) is 30.3 Å². The molecule has 1 aliphatic heterocycles. The van der Waals surface area contributed by atoms with Gasteiger partial charge >= 0.3 is 5.97 Å². The van der Waals surface area contributed by atoms with E-state index in [0.717, 1.165) is 0 Å². The third-order valence-electron chi connectivity index (χ3n) is 3.58. The molecule has 1 unspecified atom stereocenters. The fourth-order valence-corrected chi connectivity index (χ4v) is 4.06. The van der Waals surface area contributed by atoms with Crippen molar-refractivity contribution in [3.8, 4) is 0 Å². The summed E-state index contributed by atoms with van der Waals surface area (Å²) >= 11 is 11.8. The Kier molecular flexibility index (Phi) is 5.41. The Morgan fingerprint density at radius 3 is 2.27 bits per heavy atom. The van der Waals surface area contributed by atoms with Crippen LogP contribution in [0, 0.1) is 0 Å². The fourth-order valence-electron chi connectivity index (χ4n) is 2.34. The SMILES string of the molecule is O=C(CCS(=O)c1cc(Cl)ccc1Cl)ON1C(=O)c2ccccc2C1=O. The Hall–Kier alpha value is -2.22. The minimum atomic E-state index is -1.59. The van der Waals surface area contributed by atoms with Gasteiger partial charge in [0.2, 0.25) is 0 Å². The van der Waals surface area contributed by atoms with Crippen LogP contribution >= 0.6 is 23.2 Å². The van der Waals surface area contributed by atoms with Crippen molar-refractivity contribution in [2.45, 2.75) is 11.3 Å². The second-order valence-electron chi connectivity index (χ2n) is 5.29. The molecular formula is C17H11Cl2NO5S. The summed E-state index contributed by atoms with van der Waals surface area (Å²) < 4.78 is 12.3. The van der Waals surface area contributed by atoms with Gasteiger partial charge in [0.15, 0.2) is 0 Å². The lowest BCUT2D eigenvalue weighted by atomic mass is 10.1. The predicted octanol–water partition coefficient (Wildman–Crippen LogP) is 3.25. The Morgan fingerprint density at radius 1 is 1.04 bits per heavy atom. The summed E-state index contributed by atoms with van der Waals surface area (Å²) in [5.41, 5.74) is 0.333. The molecule has 3 rings (SSSR count). The number of nitrogens with zero attached hydrogens (tertiary/aromatic N) is 1. The number of amides is 2. The first-order valence-corrected chi connectivity index (χ1v) is 9.48. The van der Waals surface area contributed by atoms with Gasteiger partial charge in [-0.15, -0.1) is 0 Å². The van der Waals surface area contributed by atoms with Crippen LogP contribution in [0.3, 0.4) is 0 Å². The van der Waals surface area contributed by atoms with Crippen LogP contribution in [0.2, 0.25) is 10.0 Å². The summed E-state index contributed by atoms with van der Waals surface area (Å²) in [5, 5.41) is 1.05. The number of hydrogen-bond donors (Lipinski definition) is 0. The van der Waals surface area contributed by atoms with Crippen molar-refractivity contribution >= 4 is 51.8 Å². The smallest absolute Gasteiger partial charge is 0.330 e. The zero-order chi connectivity index (χ0) is 18.8. The van der Waals surface area contributed by atoms with E-state index in [1.165, 1.54) is 24.3 Å². The van der Waals surface area contributed by atoms with E-state index in [9.17, 15) is 18.6 Å². The van der Waals surface area contributed by atoms with E-state index in [0.29, 0.717) is 15.0 Å². The van der Waals surface area contributed by atoms with E-state index in [1.54, 1.807) is 18.2 Å². The maximum atomic E-state index is 12.3. The van der Waals surface area contributed by atoms with Gasteiger partial charge in [-0.1, -0.05) is 40.4 Å². The van der Waals surface area contributed by atoms with E-state index in [-0.39, 0.29) is 28.3 Å². The minimum absolute atomic E-state index is 0.0952. The molecule has 0 saturated carbocycles. The van der Waals surface area contributed by atoms with Crippen LogP contribution in [0.4, 0.5) is 0 Å². The van der Waals surface area contributed by atoms with E-state index in [1.807, 2.05) is 0 Å². The topological polar surface area (TPSA) is 80.8 Å². The van der Waals surface area contributed by atoms with Crippen molar-refractivity contribution in [1.82, 2.24) is 5.06 Å². The molecule has 0 fully saturated rings. The molecule has 0 aliphatic carbocycles. The quantitative estimate of drug-likeness (QED) is 0.705. The van der Waals surface area contributed by atoms with Crippen molar-refractivity contribution in [2.24, 2.45) is 0 Å². The van der Waals surface area contributed by atoms with Gasteiger partial charge in [0.1, 0.15) is 0 Å². The first-order chi connectivity index (χ1) is 12.4. The summed E-state index contributed by atoms with van der Waals surface area (Å²) in [6.07, 6.45) is -0.275. The highest BCUT2D eigenvalue weighted by Crippen LogP contribution is 2.25. The van der Waals surface area contributed by atoms with Gasteiger partial charge in [0.05, 0.1) is 38.3 Å². The summed E-state index contributed by atoms with van der Waals surface area (Å²) in [7, 11) is -1.59. The third-order valence-corrected chi connectivity index (χ3v) is 5.66. The van der Waals surface area contributed by atoms with Crippen molar-refractivity contribution in [3.63, 3.8) is 0 Å². The van der Waals surface area contributed by atoms with E-state index < -0.39 is 28.6 Å². The third kappa shape index (κ3) is 3.65. The van der Waals surface area contributed by atoms with Crippen LogP contribution in [-0.2, 0) is 20.4 Å². The second-order valence-corrected chi connectivity index (χ2v) is 7.67. The number of hydrogen-bond acceptors (Lipinski definition) is 5. The van der Waals surface area contributed by atoms with Crippen LogP contribution in [0.15, 0.2) is 47.4 Å². The Morgan fingerprint density at radius 2 is 1.65 bits per heavy atom. The van der Waals surface area contributed by atoms with Crippen LogP contribution in [0.1, 0.15) is 27.1 Å². The summed E-state index contributed by atoms with van der Waals surface area (Å²) in [6.45, 7) is 0. The van der Waals surface area contributed by atoms with E-state index in [4.69, 9.17) is 28.0 Å². The molecule has 1 atom stereocenters. The van der Waals surface area contributed by atoms with E-state index >= 15 is 0 Å². The first kappa shape index (κ1) is 18.6. The molecule has 6 nitrogen and oxygen atoms in total. The Balaban J connectivity index is 1.62. The number of carbonyl (C=O) groups excluding carboxylic acids is 3. The van der Waals surface area contributed by atoms with Crippen LogP contribution < -0.4 is 0 Å². The zero-order valence-corrected chi connectivity index (χ0v) is 15.4. The van der Waals surface area contributed by atoms with Crippen LogP contribution in [-0.4, -0.2) is 32.8 Å². The zero-order valence-electron chi connectivity index (χ0n) is 13.1. The molecule has 0 N–H and O–H groups in total. The van der Waals surface area contributed by atoms with Gasteiger partial charge in [-0.25, -0.2) is 4.79 Å². The normalized spacial score (nSPS) is 14.3. The summed E-state index contributed by atoms with van der Waals surface area (Å²) in [5.74, 6) is -2.37. The summed E-state index contributed by atoms with van der Waals surface area (Å²) in [6, 6.07) is 10.7. The molecule has 134 valence electrons. The predicted molar refractivity (Wildman–Crippen MR) is 95.4 cm³/mol. The van der Waals surface area contributed by atoms with Crippen molar-refractivity contribution in [1.29, 1.82) is 0 Å². The Labute approximate surface area is 161 Å². The number of fused-ring (bicyclic) bond motifs is 1. The fraction of sp³-hybridized carbons (Fsp3) is 0.118. The molecule has 1 aliphatic rings. The maximum absolute atomic E-state index is 12.3. The van der Waals surface area contributed by atoms with Crippen molar-refractivity contribution in [3.05, 3.63) is 63.6 Å². The standard InChI is InChI=1S/C17H11Cl2NO5S/c18-10-5-6-13(19)14(9-10)26(24)8-7-15(21)25-20-16(22)11-3-1-2-4-12(11)17(20)23/h1-6,9H,7-8H2. The average Bonchev–Trinajstić information content (AvgIpc) is 2.87.